The van der Waals surface area contributed by atoms with Crippen LogP contribution in [-0.4, -0.2) is 98.8 Å². The van der Waals surface area contributed by atoms with Crippen LogP contribution in [0.2, 0.25) is 0 Å². The summed E-state index contributed by atoms with van der Waals surface area (Å²) >= 11 is 1.42. The summed E-state index contributed by atoms with van der Waals surface area (Å²) in [5.74, 6) is -0.707. The maximum atomic E-state index is 13.1. The Morgan fingerprint density at radius 3 is 2.78 bits per heavy atom. The molecule has 2 aromatic rings. The number of thiazole rings is 1. The molecule has 2 atom stereocenters. The highest BCUT2D eigenvalue weighted by Gasteiger charge is 2.26. The van der Waals surface area contributed by atoms with Crippen molar-refractivity contribution in [3.05, 3.63) is 40.4 Å². The third kappa shape index (κ3) is 7.04. The number of piperazine rings is 1. The van der Waals surface area contributed by atoms with Crippen LogP contribution in [0.25, 0.3) is 0 Å². The van der Waals surface area contributed by atoms with Gasteiger partial charge in [0.2, 0.25) is 0 Å². The average molecular weight is 533 g/mol. The summed E-state index contributed by atoms with van der Waals surface area (Å²) in [5.41, 5.74) is 2.07. The third-order valence-electron chi connectivity index (χ3n) is 7.00. The fraction of sp³-hybridized carbons (Fsp3) is 0.577. The molecule has 37 heavy (non-hydrogen) atoms. The molecule has 2 aliphatic rings. The normalized spacial score (nSPS) is 20.8. The van der Waals surface area contributed by atoms with Crippen LogP contribution in [-0.2, 0) is 11.3 Å². The smallest absolute Gasteiger partial charge is 0.275 e. The molecule has 2 amide bonds. The van der Waals surface area contributed by atoms with E-state index in [0.717, 1.165) is 49.8 Å². The van der Waals surface area contributed by atoms with Crippen molar-refractivity contribution in [3.63, 3.8) is 0 Å². The molecule has 0 aliphatic carbocycles. The number of carbonyl (C=O) groups is 2. The molecule has 1 aromatic heterocycles. The first kappa shape index (κ1) is 27.4. The molecule has 0 spiro atoms. The van der Waals surface area contributed by atoms with Gasteiger partial charge in [-0.3, -0.25) is 18.9 Å². The Balaban J connectivity index is 1.49. The van der Waals surface area contributed by atoms with Crippen molar-refractivity contribution in [2.24, 2.45) is 0 Å². The van der Waals surface area contributed by atoms with Gasteiger partial charge < -0.3 is 25.2 Å². The number of likely N-dealkylation sites (N-methyl/N-ethyl adjacent to an activating group) is 1. The quantitative estimate of drug-likeness (QED) is 0.455. The summed E-state index contributed by atoms with van der Waals surface area (Å²) in [7, 11) is 3.83. The van der Waals surface area contributed by atoms with E-state index in [1.807, 2.05) is 12.1 Å². The SMILES string of the molecule is CO[C@H]1CCN(c2nc(C(=O)Nc3ccc(CN4CCN(C)C[C@@H]4C)cc3C(=O)NCCCF)cs2)C1. The molecule has 2 fully saturated rings. The van der Waals surface area contributed by atoms with E-state index in [9.17, 15) is 14.0 Å². The zero-order chi connectivity index (χ0) is 26.4. The lowest BCUT2D eigenvalue weighted by molar-refractivity contribution is 0.0933. The lowest BCUT2D eigenvalue weighted by Gasteiger charge is -2.38. The molecule has 4 rings (SSSR count). The summed E-state index contributed by atoms with van der Waals surface area (Å²) in [6.07, 6.45) is 1.35. The molecular formula is C26H37FN6O3S. The highest BCUT2D eigenvalue weighted by molar-refractivity contribution is 7.14. The number of alkyl halides is 1. The summed E-state index contributed by atoms with van der Waals surface area (Å²) in [5, 5.41) is 8.16. The minimum Gasteiger partial charge on any atom is -0.380 e. The fourth-order valence-corrected chi connectivity index (χ4v) is 5.63. The minimum atomic E-state index is -0.500. The predicted octanol–water partition coefficient (Wildman–Crippen LogP) is 2.85. The average Bonchev–Trinajstić information content (AvgIpc) is 3.56. The minimum absolute atomic E-state index is 0.173. The number of carbonyl (C=O) groups excluding carboxylic acids is 2. The van der Waals surface area contributed by atoms with Crippen LogP contribution in [0.1, 0.15) is 46.2 Å². The van der Waals surface area contributed by atoms with Crippen LogP contribution in [0.5, 0.6) is 0 Å². The zero-order valence-electron chi connectivity index (χ0n) is 21.8. The van der Waals surface area contributed by atoms with Gasteiger partial charge in [-0.1, -0.05) is 6.07 Å². The maximum Gasteiger partial charge on any atom is 0.275 e. The van der Waals surface area contributed by atoms with Gasteiger partial charge in [0.05, 0.1) is 24.0 Å². The van der Waals surface area contributed by atoms with Crippen LogP contribution < -0.4 is 15.5 Å². The Labute approximate surface area is 222 Å². The second kappa shape index (κ2) is 12.8. The molecule has 0 bridgehead atoms. The molecule has 0 saturated carbocycles. The Hall–Kier alpha value is -2.60. The second-order valence-electron chi connectivity index (χ2n) is 9.82. The van der Waals surface area contributed by atoms with Crippen molar-refractivity contribution in [2.45, 2.75) is 38.5 Å². The number of aromatic nitrogens is 1. The number of halogens is 1. The molecular weight excluding hydrogens is 495 g/mol. The second-order valence-corrected chi connectivity index (χ2v) is 10.7. The van der Waals surface area contributed by atoms with Gasteiger partial charge in [-0.05, 0) is 44.5 Å². The van der Waals surface area contributed by atoms with Crippen molar-refractivity contribution >= 4 is 34.0 Å². The molecule has 3 heterocycles. The summed E-state index contributed by atoms with van der Waals surface area (Å²) in [6, 6.07) is 5.94. The van der Waals surface area contributed by atoms with Gasteiger partial charge >= 0.3 is 0 Å². The van der Waals surface area contributed by atoms with E-state index >= 15 is 0 Å². The van der Waals surface area contributed by atoms with Crippen LogP contribution in [0.15, 0.2) is 23.6 Å². The van der Waals surface area contributed by atoms with E-state index in [4.69, 9.17) is 4.74 Å². The van der Waals surface area contributed by atoms with Gasteiger partial charge in [0, 0.05) is 64.3 Å². The number of nitrogens with zero attached hydrogens (tertiary/aromatic N) is 4. The van der Waals surface area contributed by atoms with Gasteiger partial charge in [-0.2, -0.15) is 0 Å². The molecule has 2 aliphatic heterocycles. The first-order chi connectivity index (χ1) is 17.9. The fourth-order valence-electron chi connectivity index (χ4n) is 4.79. The van der Waals surface area contributed by atoms with Crippen molar-refractivity contribution in [2.75, 3.05) is 70.3 Å². The Morgan fingerprint density at radius 2 is 2.05 bits per heavy atom. The van der Waals surface area contributed by atoms with Crippen LogP contribution in [0, 0.1) is 0 Å². The lowest BCUT2D eigenvalue weighted by atomic mass is 10.1. The lowest BCUT2D eigenvalue weighted by Crippen LogP contribution is -2.49. The molecule has 0 radical (unpaired) electrons. The Bertz CT molecular complexity index is 1080. The number of amides is 2. The van der Waals surface area contributed by atoms with E-state index in [0.29, 0.717) is 29.5 Å². The number of anilines is 2. The highest BCUT2D eigenvalue weighted by atomic mass is 32.1. The first-order valence-electron chi connectivity index (χ1n) is 12.8. The number of ether oxygens (including phenoxy) is 1. The van der Waals surface area contributed by atoms with E-state index in [1.54, 1.807) is 18.6 Å². The molecule has 2 saturated heterocycles. The number of benzene rings is 1. The molecule has 1 aromatic carbocycles. The Kier molecular flexibility index (Phi) is 9.47. The molecule has 202 valence electrons. The summed E-state index contributed by atoms with van der Waals surface area (Å²) < 4.78 is 18.0. The largest absolute Gasteiger partial charge is 0.380 e. The molecule has 9 nitrogen and oxygen atoms in total. The van der Waals surface area contributed by atoms with Crippen molar-refractivity contribution in [1.82, 2.24) is 20.1 Å². The van der Waals surface area contributed by atoms with Crippen molar-refractivity contribution < 1.29 is 18.7 Å². The zero-order valence-corrected chi connectivity index (χ0v) is 22.7. The maximum absolute atomic E-state index is 13.1. The van der Waals surface area contributed by atoms with Crippen LogP contribution >= 0.6 is 11.3 Å². The number of hydrogen-bond acceptors (Lipinski definition) is 8. The number of methoxy groups -OCH3 is 1. The summed E-state index contributed by atoms with van der Waals surface area (Å²) in [6.45, 7) is 7.16. The Morgan fingerprint density at radius 1 is 1.22 bits per heavy atom. The third-order valence-corrected chi connectivity index (χ3v) is 7.90. The van der Waals surface area contributed by atoms with Gasteiger partial charge in [-0.25, -0.2) is 4.98 Å². The summed E-state index contributed by atoms with van der Waals surface area (Å²) in [4.78, 5) is 37.4. The van der Waals surface area contributed by atoms with Gasteiger partial charge in [-0.15, -0.1) is 11.3 Å². The number of hydrogen-bond donors (Lipinski definition) is 2. The van der Waals surface area contributed by atoms with Crippen molar-refractivity contribution in [3.8, 4) is 0 Å². The van der Waals surface area contributed by atoms with Crippen molar-refractivity contribution in [1.29, 1.82) is 0 Å². The van der Waals surface area contributed by atoms with Gasteiger partial charge in [0.1, 0.15) is 5.69 Å². The van der Waals surface area contributed by atoms with E-state index in [2.05, 4.69) is 44.3 Å². The molecule has 2 N–H and O–H groups in total. The molecule has 0 unspecified atom stereocenters. The van der Waals surface area contributed by atoms with E-state index in [-0.39, 0.29) is 30.9 Å². The highest BCUT2D eigenvalue weighted by Crippen LogP contribution is 2.27. The number of nitrogens with one attached hydrogen (secondary N) is 2. The van der Waals surface area contributed by atoms with Crippen LogP contribution in [0.4, 0.5) is 15.2 Å². The van der Waals surface area contributed by atoms with E-state index in [1.165, 1.54) is 11.3 Å². The first-order valence-corrected chi connectivity index (χ1v) is 13.7. The van der Waals surface area contributed by atoms with Gasteiger partial charge in [0.15, 0.2) is 5.13 Å². The monoisotopic (exact) mass is 532 g/mol. The predicted molar refractivity (Wildman–Crippen MR) is 144 cm³/mol. The van der Waals surface area contributed by atoms with Gasteiger partial charge in [0.25, 0.3) is 11.8 Å². The topological polar surface area (TPSA) is 90.0 Å². The van der Waals surface area contributed by atoms with Crippen LogP contribution in [0.3, 0.4) is 0 Å². The van der Waals surface area contributed by atoms with E-state index < -0.39 is 6.67 Å². The number of rotatable bonds is 10. The molecule has 11 heteroatoms. The standard InChI is InChI=1S/C26H37FN6O3S/c1-18-14-31(2)11-12-32(18)15-19-5-6-22(21(13-19)24(34)28-9-4-8-27)29-25(35)23-17-37-26(30-23)33-10-7-20(16-33)36-3/h5-6,13,17-18,20H,4,7-12,14-16H2,1-3H3,(H,28,34)(H,29,35)/t18-,20-/m0/s1.